The molecule has 1 aromatic carbocycles. The molecule has 2 heterocycles. The van der Waals surface area contributed by atoms with Crippen molar-refractivity contribution >= 4 is 11.9 Å². The zero-order chi connectivity index (χ0) is 18.7. The first-order valence-corrected chi connectivity index (χ1v) is 7.94. The summed E-state index contributed by atoms with van der Waals surface area (Å²) < 4.78 is 17.7. The lowest BCUT2D eigenvalue weighted by Gasteiger charge is -2.09. The number of ether oxygens (including phenoxy) is 2. The van der Waals surface area contributed by atoms with Crippen LogP contribution in [0.25, 0.3) is 11.5 Å². The monoisotopic (exact) mass is 357 g/mol. The maximum absolute atomic E-state index is 12.4. The number of anilines is 1. The predicted octanol–water partition coefficient (Wildman–Crippen LogP) is 2.78. The van der Waals surface area contributed by atoms with Crippen molar-refractivity contribution in [3.05, 3.63) is 36.2 Å². The van der Waals surface area contributed by atoms with E-state index in [1.165, 1.54) is 7.11 Å². The molecule has 1 N–H and O–H groups in total. The first-order valence-electron chi connectivity index (χ1n) is 7.94. The zero-order valence-electron chi connectivity index (χ0n) is 14.9. The van der Waals surface area contributed by atoms with Gasteiger partial charge in [-0.25, -0.2) is 0 Å². The van der Waals surface area contributed by atoms with Gasteiger partial charge in [-0.2, -0.15) is 5.10 Å². The Kier molecular flexibility index (Phi) is 4.87. The van der Waals surface area contributed by atoms with Crippen LogP contribution in [0.1, 0.15) is 30.4 Å². The lowest BCUT2D eigenvalue weighted by Crippen LogP contribution is -2.19. The van der Waals surface area contributed by atoms with E-state index in [2.05, 4.69) is 20.6 Å². The predicted molar refractivity (Wildman–Crippen MR) is 93.4 cm³/mol. The molecule has 0 unspecified atom stereocenters. The van der Waals surface area contributed by atoms with Gasteiger partial charge < -0.3 is 13.9 Å². The Morgan fingerprint density at radius 2 is 2.00 bits per heavy atom. The summed E-state index contributed by atoms with van der Waals surface area (Å²) in [4.78, 5) is 12.4. The highest BCUT2D eigenvalue weighted by molar-refractivity contribution is 6.01. The number of methoxy groups -OCH3 is 2. The molecule has 2 aromatic heterocycles. The molecule has 9 heteroatoms. The second kappa shape index (κ2) is 7.26. The second-order valence-corrected chi connectivity index (χ2v) is 5.69. The Morgan fingerprint density at radius 1 is 1.19 bits per heavy atom. The van der Waals surface area contributed by atoms with Crippen LogP contribution >= 0.6 is 0 Å². The minimum atomic E-state index is -0.381. The fourth-order valence-corrected chi connectivity index (χ4v) is 2.42. The van der Waals surface area contributed by atoms with Crippen LogP contribution < -0.4 is 14.8 Å². The Labute approximate surface area is 149 Å². The van der Waals surface area contributed by atoms with Crippen LogP contribution in [0.4, 0.5) is 6.01 Å². The molecule has 3 rings (SSSR count). The summed E-state index contributed by atoms with van der Waals surface area (Å²) in [5.41, 5.74) is 0.996. The topological polar surface area (TPSA) is 104 Å². The van der Waals surface area contributed by atoms with Crippen LogP contribution in [0.3, 0.4) is 0 Å². The highest BCUT2D eigenvalue weighted by atomic mass is 16.5. The van der Waals surface area contributed by atoms with Gasteiger partial charge in [0.25, 0.3) is 11.8 Å². The van der Waals surface area contributed by atoms with Gasteiger partial charge in [0.1, 0.15) is 17.2 Å². The smallest absolute Gasteiger partial charge is 0.322 e. The van der Waals surface area contributed by atoms with Crippen molar-refractivity contribution < 1.29 is 18.7 Å². The molecule has 0 aliphatic rings. The number of carbonyl (C=O) groups is 1. The number of carbonyl (C=O) groups excluding carboxylic acids is 1. The Morgan fingerprint density at radius 3 is 2.69 bits per heavy atom. The molecule has 0 aliphatic carbocycles. The number of hydrogen-bond acceptors (Lipinski definition) is 7. The third-order valence-corrected chi connectivity index (χ3v) is 3.68. The molecule has 3 aromatic rings. The first kappa shape index (κ1) is 17.5. The molecule has 9 nitrogen and oxygen atoms in total. The van der Waals surface area contributed by atoms with Gasteiger partial charge in [0, 0.05) is 18.3 Å². The quantitative estimate of drug-likeness (QED) is 0.723. The number of nitrogens with one attached hydrogen (secondary N) is 1. The number of benzene rings is 1. The zero-order valence-corrected chi connectivity index (χ0v) is 14.9. The van der Waals surface area contributed by atoms with E-state index in [1.807, 2.05) is 13.8 Å². The van der Waals surface area contributed by atoms with Gasteiger partial charge in [-0.05, 0) is 32.0 Å². The number of aromatic nitrogens is 4. The van der Waals surface area contributed by atoms with Gasteiger partial charge >= 0.3 is 6.01 Å². The maximum Gasteiger partial charge on any atom is 0.322 e. The summed E-state index contributed by atoms with van der Waals surface area (Å²) in [6, 6.07) is 6.86. The van der Waals surface area contributed by atoms with Crippen LogP contribution in [-0.2, 0) is 0 Å². The van der Waals surface area contributed by atoms with E-state index in [0.29, 0.717) is 22.8 Å². The molecule has 0 fully saturated rings. The van der Waals surface area contributed by atoms with Crippen LogP contribution in [-0.4, -0.2) is 40.1 Å². The number of nitrogens with zero attached hydrogens (tertiary/aromatic N) is 4. The lowest BCUT2D eigenvalue weighted by molar-refractivity contribution is 0.101. The highest BCUT2D eigenvalue weighted by Crippen LogP contribution is 2.33. The number of rotatable bonds is 6. The van der Waals surface area contributed by atoms with E-state index < -0.39 is 0 Å². The van der Waals surface area contributed by atoms with Gasteiger partial charge in [0.2, 0.25) is 0 Å². The van der Waals surface area contributed by atoms with Gasteiger partial charge in [0.15, 0.2) is 0 Å². The summed E-state index contributed by atoms with van der Waals surface area (Å²) in [5.74, 6) is 0.995. The lowest BCUT2D eigenvalue weighted by atomic mass is 10.2. The maximum atomic E-state index is 12.4. The number of hydrogen-bond donors (Lipinski definition) is 1. The molecule has 0 saturated heterocycles. The van der Waals surface area contributed by atoms with Crippen LogP contribution in [0.2, 0.25) is 0 Å². The molecule has 0 bridgehead atoms. The van der Waals surface area contributed by atoms with Crippen molar-refractivity contribution in [3.63, 3.8) is 0 Å². The molecule has 0 radical (unpaired) electrons. The van der Waals surface area contributed by atoms with Gasteiger partial charge in [-0.3, -0.25) is 14.8 Å². The third kappa shape index (κ3) is 3.37. The van der Waals surface area contributed by atoms with Crippen molar-refractivity contribution in [1.29, 1.82) is 0 Å². The third-order valence-electron chi connectivity index (χ3n) is 3.68. The summed E-state index contributed by atoms with van der Waals surface area (Å²) in [7, 11) is 3.10. The molecule has 0 atom stereocenters. The van der Waals surface area contributed by atoms with E-state index >= 15 is 0 Å². The van der Waals surface area contributed by atoms with Crippen LogP contribution in [0.15, 0.2) is 34.9 Å². The standard InChI is InChI=1S/C17H19N5O4/c1-10(2)22-13(7-8-18-22)15(23)19-17-21-20-16(26-17)12-6-5-11(24-3)9-14(12)25-4/h5-10H,1-4H3,(H,19,21,23). The SMILES string of the molecule is COc1ccc(-c2nnc(NC(=O)c3ccnn3C(C)C)o2)c(OC)c1. The van der Waals surface area contributed by atoms with E-state index in [1.54, 1.807) is 42.3 Å². The first-order chi connectivity index (χ1) is 12.5. The molecule has 0 saturated carbocycles. The van der Waals surface area contributed by atoms with E-state index in [4.69, 9.17) is 13.9 Å². The van der Waals surface area contributed by atoms with Crippen molar-refractivity contribution in [3.8, 4) is 23.0 Å². The Balaban J connectivity index is 1.82. The minimum absolute atomic E-state index is 0.0145. The van der Waals surface area contributed by atoms with Gasteiger partial charge in [0.05, 0.1) is 19.8 Å². The van der Waals surface area contributed by atoms with Crippen molar-refractivity contribution in [1.82, 2.24) is 20.0 Å². The normalized spacial score (nSPS) is 10.8. The fraction of sp³-hybridized carbons (Fsp3) is 0.294. The largest absolute Gasteiger partial charge is 0.497 e. The molecule has 1 amide bonds. The Hall–Kier alpha value is -3.36. The number of amides is 1. The van der Waals surface area contributed by atoms with E-state index in [0.717, 1.165) is 0 Å². The van der Waals surface area contributed by atoms with Crippen LogP contribution in [0.5, 0.6) is 11.5 Å². The summed E-state index contributed by atoms with van der Waals surface area (Å²) >= 11 is 0. The fourth-order valence-electron chi connectivity index (χ4n) is 2.42. The molecule has 136 valence electrons. The molecule has 0 spiro atoms. The molecular formula is C17H19N5O4. The molecule has 26 heavy (non-hydrogen) atoms. The second-order valence-electron chi connectivity index (χ2n) is 5.69. The minimum Gasteiger partial charge on any atom is -0.497 e. The van der Waals surface area contributed by atoms with E-state index in [9.17, 15) is 4.79 Å². The summed E-state index contributed by atoms with van der Waals surface area (Å²) in [5, 5.41) is 14.6. The summed E-state index contributed by atoms with van der Waals surface area (Å²) in [6.45, 7) is 3.87. The highest BCUT2D eigenvalue weighted by Gasteiger charge is 2.19. The van der Waals surface area contributed by atoms with Crippen molar-refractivity contribution in [2.24, 2.45) is 0 Å². The van der Waals surface area contributed by atoms with Crippen molar-refractivity contribution in [2.75, 3.05) is 19.5 Å². The Bertz CT molecular complexity index is 916. The van der Waals surface area contributed by atoms with Gasteiger partial charge in [-0.1, -0.05) is 5.10 Å². The average molecular weight is 357 g/mol. The van der Waals surface area contributed by atoms with Crippen molar-refractivity contribution in [2.45, 2.75) is 19.9 Å². The van der Waals surface area contributed by atoms with Crippen LogP contribution in [0, 0.1) is 0 Å². The molecule has 0 aliphatic heterocycles. The summed E-state index contributed by atoms with van der Waals surface area (Å²) in [6.07, 6.45) is 1.57. The van der Waals surface area contributed by atoms with Gasteiger partial charge in [-0.15, -0.1) is 5.10 Å². The van der Waals surface area contributed by atoms with E-state index in [-0.39, 0.29) is 23.9 Å². The average Bonchev–Trinajstić information content (AvgIpc) is 3.30. The molecular weight excluding hydrogens is 338 g/mol.